The van der Waals surface area contributed by atoms with Gasteiger partial charge in [-0.25, -0.2) is 4.79 Å². The van der Waals surface area contributed by atoms with E-state index in [9.17, 15) is 14.7 Å². The lowest BCUT2D eigenvalue weighted by molar-refractivity contribution is -0.143. The second-order valence-electron chi connectivity index (χ2n) is 4.01. The molecule has 0 radical (unpaired) electrons. The van der Waals surface area contributed by atoms with E-state index >= 15 is 0 Å². The quantitative estimate of drug-likeness (QED) is 0.851. The molecular formula is C12H13NO3S. The van der Waals surface area contributed by atoms with Gasteiger partial charge < -0.3 is 10.4 Å². The van der Waals surface area contributed by atoms with Crippen molar-refractivity contribution < 1.29 is 14.7 Å². The minimum Gasteiger partial charge on any atom is -0.479 e. The summed E-state index contributed by atoms with van der Waals surface area (Å²) in [5.74, 6) is -0.0790. The van der Waals surface area contributed by atoms with Crippen LogP contribution in [0.2, 0.25) is 0 Å². The maximum Gasteiger partial charge on any atom is 0.330 e. The molecule has 1 atom stereocenters. The van der Waals surface area contributed by atoms with E-state index in [2.05, 4.69) is 5.32 Å². The average Bonchev–Trinajstić information content (AvgIpc) is 2.80. The fraction of sp³-hybridized carbons (Fsp3) is 0.333. The van der Waals surface area contributed by atoms with Gasteiger partial charge >= 0.3 is 5.97 Å². The molecule has 0 spiro atoms. The number of nitrogens with one attached hydrogen (secondary N) is 1. The molecular weight excluding hydrogens is 238 g/mol. The normalized spacial score (nSPS) is 23.3. The van der Waals surface area contributed by atoms with Gasteiger partial charge in [0, 0.05) is 11.3 Å². The van der Waals surface area contributed by atoms with Crippen LogP contribution in [0.4, 0.5) is 0 Å². The summed E-state index contributed by atoms with van der Waals surface area (Å²) in [5, 5.41) is 11.9. The first-order valence-electron chi connectivity index (χ1n) is 5.33. The number of benzene rings is 1. The predicted molar refractivity (Wildman–Crippen MR) is 66.2 cm³/mol. The Morgan fingerprint density at radius 2 is 2.00 bits per heavy atom. The van der Waals surface area contributed by atoms with Gasteiger partial charge in [-0.3, -0.25) is 4.79 Å². The summed E-state index contributed by atoms with van der Waals surface area (Å²) in [6.07, 6.45) is 0.478. The van der Waals surface area contributed by atoms with E-state index in [0.29, 0.717) is 17.7 Å². The SMILES string of the molecule is O=C(NC1(C(=O)O)CCSC1)c1ccccc1. The molecule has 1 amide bonds. The Morgan fingerprint density at radius 3 is 2.53 bits per heavy atom. The molecule has 1 aromatic carbocycles. The summed E-state index contributed by atoms with van der Waals surface area (Å²) in [4.78, 5) is 23.2. The Morgan fingerprint density at radius 1 is 1.29 bits per heavy atom. The summed E-state index contributed by atoms with van der Waals surface area (Å²) in [5.41, 5.74) is -0.609. The molecule has 0 aliphatic carbocycles. The molecule has 0 saturated carbocycles. The number of amides is 1. The van der Waals surface area contributed by atoms with Crippen molar-refractivity contribution in [2.45, 2.75) is 12.0 Å². The molecule has 1 aliphatic heterocycles. The number of carboxylic acid groups (broad SMARTS) is 1. The van der Waals surface area contributed by atoms with Crippen molar-refractivity contribution >= 4 is 23.6 Å². The van der Waals surface area contributed by atoms with Crippen molar-refractivity contribution in [3.63, 3.8) is 0 Å². The molecule has 2 rings (SSSR count). The first-order chi connectivity index (χ1) is 8.14. The van der Waals surface area contributed by atoms with Crippen molar-refractivity contribution in [2.24, 2.45) is 0 Å². The van der Waals surface area contributed by atoms with Crippen LogP contribution in [0.15, 0.2) is 30.3 Å². The zero-order valence-corrected chi connectivity index (χ0v) is 10.00. The molecule has 4 nitrogen and oxygen atoms in total. The predicted octanol–water partition coefficient (Wildman–Crippen LogP) is 1.38. The molecule has 1 aliphatic rings. The number of carbonyl (C=O) groups excluding carboxylic acids is 1. The summed E-state index contributed by atoms with van der Waals surface area (Å²) in [7, 11) is 0. The van der Waals surface area contributed by atoms with Crippen molar-refractivity contribution in [1.29, 1.82) is 0 Å². The molecule has 1 unspecified atom stereocenters. The number of thioether (sulfide) groups is 1. The molecule has 1 heterocycles. The molecule has 5 heteroatoms. The first-order valence-corrected chi connectivity index (χ1v) is 6.48. The van der Waals surface area contributed by atoms with E-state index in [1.165, 1.54) is 0 Å². The summed E-state index contributed by atoms with van der Waals surface area (Å²) >= 11 is 1.55. The monoisotopic (exact) mass is 251 g/mol. The van der Waals surface area contributed by atoms with Crippen LogP contribution in [0, 0.1) is 0 Å². The highest BCUT2D eigenvalue weighted by atomic mass is 32.2. The lowest BCUT2D eigenvalue weighted by Crippen LogP contribution is -2.54. The Kier molecular flexibility index (Phi) is 3.38. The van der Waals surface area contributed by atoms with Crippen LogP contribution in [-0.4, -0.2) is 34.0 Å². The number of carbonyl (C=O) groups is 2. The molecule has 17 heavy (non-hydrogen) atoms. The van der Waals surface area contributed by atoms with Gasteiger partial charge in [-0.2, -0.15) is 11.8 Å². The maximum absolute atomic E-state index is 11.9. The largest absolute Gasteiger partial charge is 0.479 e. The Hall–Kier alpha value is -1.49. The van der Waals surface area contributed by atoms with Gasteiger partial charge in [0.1, 0.15) is 5.54 Å². The van der Waals surface area contributed by atoms with Crippen LogP contribution in [0.5, 0.6) is 0 Å². The van der Waals surface area contributed by atoms with Gasteiger partial charge in [0.25, 0.3) is 5.91 Å². The molecule has 90 valence electrons. The number of carboxylic acids is 1. The van der Waals surface area contributed by atoms with Crippen LogP contribution in [0.1, 0.15) is 16.8 Å². The Bertz CT molecular complexity index is 427. The van der Waals surface area contributed by atoms with Crippen molar-refractivity contribution in [3.8, 4) is 0 Å². The smallest absolute Gasteiger partial charge is 0.330 e. The van der Waals surface area contributed by atoms with E-state index < -0.39 is 11.5 Å². The van der Waals surface area contributed by atoms with Crippen molar-refractivity contribution in [2.75, 3.05) is 11.5 Å². The van der Waals surface area contributed by atoms with Crippen molar-refractivity contribution in [1.82, 2.24) is 5.32 Å². The highest BCUT2D eigenvalue weighted by Crippen LogP contribution is 2.28. The van der Waals surface area contributed by atoms with Crippen molar-refractivity contribution in [3.05, 3.63) is 35.9 Å². The van der Waals surface area contributed by atoms with Crippen LogP contribution in [-0.2, 0) is 4.79 Å². The van der Waals surface area contributed by atoms with Gasteiger partial charge in [0.05, 0.1) is 0 Å². The second kappa shape index (κ2) is 4.79. The number of hydrogen-bond donors (Lipinski definition) is 2. The lowest BCUT2D eigenvalue weighted by Gasteiger charge is -2.24. The van der Waals surface area contributed by atoms with Crippen LogP contribution in [0.25, 0.3) is 0 Å². The maximum atomic E-state index is 11.9. The number of hydrogen-bond acceptors (Lipinski definition) is 3. The topological polar surface area (TPSA) is 66.4 Å². The second-order valence-corrected chi connectivity index (χ2v) is 5.12. The first kappa shape index (κ1) is 12.0. The van der Waals surface area contributed by atoms with Crippen LogP contribution >= 0.6 is 11.8 Å². The molecule has 1 fully saturated rings. The van der Waals surface area contributed by atoms with Gasteiger partial charge in [-0.15, -0.1) is 0 Å². The molecule has 1 saturated heterocycles. The van der Waals surface area contributed by atoms with Gasteiger partial charge in [0.2, 0.25) is 0 Å². The summed E-state index contributed by atoms with van der Waals surface area (Å²) < 4.78 is 0. The fourth-order valence-corrected chi connectivity index (χ4v) is 3.09. The zero-order valence-electron chi connectivity index (χ0n) is 9.18. The molecule has 1 aromatic rings. The zero-order chi connectivity index (χ0) is 12.3. The minimum atomic E-state index is -1.10. The molecule has 0 aromatic heterocycles. The van der Waals surface area contributed by atoms with E-state index in [1.807, 2.05) is 6.07 Å². The van der Waals surface area contributed by atoms with E-state index in [-0.39, 0.29) is 5.91 Å². The minimum absolute atomic E-state index is 0.324. The Balaban J connectivity index is 2.15. The van der Waals surface area contributed by atoms with Gasteiger partial charge in [-0.05, 0) is 24.3 Å². The van der Waals surface area contributed by atoms with E-state index in [4.69, 9.17) is 0 Å². The van der Waals surface area contributed by atoms with E-state index in [1.54, 1.807) is 36.0 Å². The lowest BCUT2D eigenvalue weighted by atomic mass is 9.98. The number of rotatable bonds is 3. The number of aliphatic carboxylic acids is 1. The standard InChI is InChI=1S/C12H13NO3S/c14-10(9-4-2-1-3-5-9)13-12(11(15)16)6-7-17-8-12/h1-5H,6-8H2,(H,13,14)(H,15,16). The summed E-state index contributed by atoms with van der Waals surface area (Å²) in [6.45, 7) is 0. The third kappa shape index (κ3) is 2.44. The third-order valence-electron chi connectivity index (χ3n) is 2.82. The molecule has 0 bridgehead atoms. The van der Waals surface area contributed by atoms with E-state index in [0.717, 1.165) is 5.75 Å². The van der Waals surface area contributed by atoms with Crippen LogP contribution in [0.3, 0.4) is 0 Å². The van der Waals surface area contributed by atoms with Gasteiger partial charge in [0.15, 0.2) is 0 Å². The Labute approximate surface area is 103 Å². The average molecular weight is 251 g/mol. The highest BCUT2D eigenvalue weighted by Gasteiger charge is 2.43. The third-order valence-corrected chi connectivity index (χ3v) is 4.01. The van der Waals surface area contributed by atoms with Crippen LogP contribution < -0.4 is 5.32 Å². The highest BCUT2D eigenvalue weighted by molar-refractivity contribution is 7.99. The molecule has 2 N–H and O–H groups in total. The fourth-order valence-electron chi connectivity index (χ4n) is 1.76. The summed E-state index contributed by atoms with van der Waals surface area (Å²) in [6, 6.07) is 8.67. The van der Waals surface area contributed by atoms with Gasteiger partial charge in [-0.1, -0.05) is 18.2 Å².